The second-order valence-electron chi connectivity index (χ2n) is 4.58. The summed E-state index contributed by atoms with van der Waals surface area (Å²) in [5.74, 6) is 0.965. The fourth-order valence-corrected chi connectivity index (χ4v) is 2.66. The number of amides is 3. The number of carbonyl (C=O) groups excluding carboxylic acids is 2. The minimum atomic E-state index is -0.348. The SMILES string of the molecule is CC1C(=O)N(c2ccccc2)C(=O)N1CC1CS1. The van der Waals surface area contributed by atoms with Gasteiger partial charge in [-0.3, -0.25) is 4.79 Å². The number of rotatable bonds is 3. The molecule has 1 aromatic carbocycles. The number of imide groups is 1. The van der Waals surface area contributed by atoms with E-state index in [0.29, 0.717) is 17.5 Å². The number of carbonyl (C=O) groups is 2. The Morgan fingerprint density at radius 2 is 1.94 bits per heavy atom. The maximum absolute atomic E-state index is 12.3. The number of anilines is 1. The standard InChI is InChI=1S/C13H14N2O2S/c1-9-12(16)15(10-5-3-2-4-6-10)13(17)14(9)7-11-8-18-11/h2-6,9,11H,7-8H2,1H3. The zero-order valence-corrected chi connectivity index (χ0v) is 10.9. The highest BCUT2D eigenvalue weighted by Crippen LogP contribution is 2.33. The van der Waals surface area contributed by atoms with Crippen LogP contribution < -0.4 is 4.90 Å². The highest BCUT2D eigenvalue weighted by atomic mass is 32.2. The average Bonchev–Trinajstić information content (AvgIpc) is 3.17. The van der Waals surface area contributed by atoms with Gasteiger partial charge in [-0.25, -0.2) is 9.69 Å². The first-order valence-electron chi connectivity index (χ1n) is 5.99. The van der Waals surface area contributed by atoms with Crippen LogP contribution in [-0.2, 0) is 4.79 Å². The lowest BCUT2D eigenvalue weighted by Crippen LogP contribution is -2.36. The van der Waals surface area contributed by atoms with Crippen LogP contribution in [0.4, 0.5) is 10.5 Å². The summed E-state index contributed by atoms with van der Waals surface area (Å²) in [6.45, 7) is 2.48. The van der Waals surface area contributed by atoms with E-state index in [0.717, 1.165) is 5.75 Å². The van der Waals surface area contributed by atoms with Crippen LogP contribution in [0.3, 0.4) is 0 Å². The van der Waals surface area contributed by atoms with Crippen LogP contribution in [0, 0.1) is 0 Å². The normalized spacial score (nSPS) is 26.9. The molecule has 5 heteroatoms. The Bertz CT molecular complexity index is 487. The van der Waals surface area contributed by atoms with Gasteiger partial charge >= 0.3 is 6.03 Å². The van der Waals surface area contributed by atoms with Crippen molar-refractivity contribution in [2.75, 3.05) is 17.2 Å². The third kappa shape index (κ3) is 1.88. The molecule has 0 aliphatic carbocycles. The van der Waals surface area contributed by atoms with Crippen molar-refractivity contribution in [2.45, 2.75) is 18.2 Å². The maximum Gasteiger partial charge on any atom is 0.332 e. The van der Waals surface area contributed by atoms with Gasteiger partial charge in [0.15, 0.2) is 0 Å². The van der Waals surface area contributed by atoms with E-state index >= 15 is 0 Å². The molecule has 3 amide bonds. The second-order valence-corrected chi connectivity index (χ2v) is 5.91. The lowest BCUT2D eigenvalue weighted by atomic mass is 10.2. The molecule has 18 heavy (non-hydrogen) atoms. The largest absolute Gasteiger partial charge is 0.332 e. The summed E-state index contributed by atoms with van der Waals surface area (Å²) in [5.41, 5.74) is 0.658. The molecule has 0 bridgehead atoms. The fourth-order valence-electron chi connectivity index (χ4n) is 2.15. The summed E-state index contributed by atoms with van der Waals surface area (Å²) in [6.07, 6.45) is 0. The second kappa shape index (κ2) is 4.31. The van der Waals surface area contributed by atoms with Crippen molar-refractivity contribution >= 4 is 29.4 Å². The predicted octanol–water partition coefficient (Wildman–Crippen LogP) is 1.96. The monoisotopic (exact) mass is 262 g/mol. The van der Waals surface area contributed by atoms with E-state index < -0.39 is 0 Å². The summed E-state index contributed by atoms with van der Waals surface area (Å²) in [7, 11) is 0. The molecule has 2 fully saturated rings. The number of para-hydroxylation sites is 1. The van der Waals surface area contributed by atoms with Crippen molar-refractivity contribution < 1.29 is 9.59 Å². The van der Waals surface area contributed by atoms with E-state index in [9.17, 15) is 9.59 Å². The van der Waals surface area contributed by atoms with Gasteiger partial charge in [-0.15, -0.1) is 0 Å². The average molecular weight is 262 g/mol. The zero-order chi connectivity index (χ0) is 12.7. The molecule has 0 radical (unpaired) electrons. The highest BCUT2D eigenvalue weighted by molar-refractivity contribution is 8.06. The first-order valence-corrected chi connectivity index (χ1v) is 7.04. The third-order valence-corrected chi connectivity index (χ3v) is 4.25. The van der Waals surface area contributed by atoms with Crippen LogP contribution in [-0.4, -0.2) is 40.4 Å². The molecule has 2 aliphatic heterocycles. The van der Waals surface area contributed by atoms with E-state index in [1.807, 2.05) is 30.0 Å². The van der Waals surface area contributed by atoms with Crippen LogP contribution in [0.2, 0.25) is 0 Å². The van der Waals surface area contributed by atoms with E-state index in [4.69, 9.17) is 0 Å². The Kier molecular flexibility index (Phi) is 2.78. The number of urea groups is 1. The lowest BCUT2D eigenvalue weighted by molar-refractivity contribution is -0.119. The molecule has 0 aromatic heterocycles. The van der Waals surface area contributed by atoms with E-state index in [-0.39, 0.29) is 18.0 Å². The van der Waals surface area contributed by atoms with Crippen LogP contribution in [0.25, 0.3) is 0 Å². The van der Waals surface area contributed by atoms with Gasteiger partial charge in [0.1, 0.15) is 6.04 Å². The van der Waals surface area contributed by atoms with E-state index in [1.54, 1.807) is 24.0 Å². The molecule has 2 unspecified atom stereocenters. The molecule has 0 saturated carbocycles. The van der Waals surface area contributed by atoms with Gasteiger partial charge in [0.2, 0.25) is 0 Å². The molecule has 94 valence electrons. The molecule has 3 rings (SSSR count). The molecule has 2 atom stereocenters. The Hall–Kier alpha value is -1.49. The van der Waals surface area contributed by atoms with Crippen molar-refractivity contribution in [3.05, 3.63) is 30.3 Å². The minimum absolute atomic E-state index is 0.128. The quantitative estimate of drug-likeness (QED) is 0.617. The number of benzene rings is 1. The van der Waals surface area contributed by atoms with Crippen molar-refractivity contribution in [3.8, 4) is 0 Å². The number of nitrogens with zero attached hydrogens (tertiary/aromatic N) is 2. The Morgan fingerprint density at radius 3 is 2.56 bits per heavy atom. The van der Waals surface area contributed by atoms with Crippen molar-refractivity contribution in [1.29, 1.82) is 0 Å². The van der Waals surface area contributed by atoms with Gasteiger partial charge in [-0.2, -0.15) is 11.8 Å². The lowest BCUT2D eigenvalue weighted by Gasteiger charge is -2.18. The summed E-state index contributed by atoms with van der Waals surface area (Å²) in [6, 6.07) is 8.58. The number of hydrogen-bond donors (Lipinski definition) is 0. The third-order valence-electron chi connectivity index (χ3n) is 3.30. The predicted molar refractivity (Wildman–Crippen MR) is 71.7 cm³/mol. The van der Waals surface area contributed by atoms with Gasteiger partial charge in [-0.1, -0.05) is 18.2 Å². The molecule has 2 saturated heterocycles. The smallest absolute Gasteiger partial charge is 0.311 e. The minimum Gasteiger partial charge on any atom is -0.311 e. The molecule has 0 N–H and O–H groups in total. The number of thioether (sulfide) groups is 1. The van der Waals surface area contributed by atoms with Gasteiger partial charge in [0.05, 0.1) is 5.69 Å². The Balaban J connectivity index is 1.87. The van der Waals surface area contributed by atoms with Gasteiger partial charge in [0, 0.05) is 17.5 Å². The van der Waals surface area contributed by atoms with E-state index in [1.165, 1.54) is 4.90 Å². The molecule has 2 heterocycles. The maximum atomic E-state index is 12.3. The van der Waals surface area contributed by atoms with Crippen molar-refractivity contribution in [2.24, 2.45) is 0 Å². The molecule has 0 spiro atoms. The fraction of sp³-hybridized carbons (Fsp3) is 0.385. The van der Waals surface area contributed by atoms with Gasteiger partial charge in [0.25, 0.3) is 5.91 Å². The van der Waals surface area contributed by atoms with Crippen LogP contribution in [0.15, 0.2) is 30.3 Å². The summed E-state index contributed by atoms with van der Waals surface area (Å²) in [4.78, 5) is 27.5. The number of hydrogen-bond acceptors (Lipinski definition) is 3. The topological polar surface area (TPSA) is 40.6 Å². The van der Waals surface area contributed by atoms with Gasteiger partial charge in [-0.05, 0) is 19.1 Å². The summed E-state index contributed by atoms with van der Waals surface area (Å²) < 4.78 is 0. The van der Waals surface area contributed by atoms with Crippen LogP contribution in [0.1, 0.15) is 6.92 Å². The van der Waals surface area contributed by atoms with Gasteiger partial charge < -0.3 is 4.90 Å². The Morgan fingerprint density at radius 1 is 1.28 bits per heavy atom. The van der Waals surface area contributed by atoms with E-state index in [2.05, 4.69) is 0 Å². The highest BCUT2D eigenvalue weighted by Gasteiger charge is 2.45. The summed E-state index contributed by atoms with van der Waals surface area (Å²) >= 11 is 1.83. The first kappa shape index (κ1) is 11.6. The molecule has 2 aliphatic rings. The zero-order valence-electron chi connectivity index (χ0n) is 10.1. The molecular weight excluding hydrogens is 248 g/mol. The van der Waals surface area contributed by atoms with Crippen LogP contribution in [0.5, 0.6) is 0 Å². The first-order chi connectivity index (χ1) is 8.68. The molecule has 1 aromatic rings. The molecule has 4 nitrogen and oxygen atoms in total. The Labute approximate surface area is 110 Å². The van der Waals surface area contributed by atoms with Crippen LogP contribution >= 0.6 is 11.8 Å². The van der Waals surface area contributed by atoms with Crippen molar-refractivity contribution in [3.63, 3.8) is 0 Å². The summed E-state index contributed by atoms with van der Waals surface area (Å²) in [5, 5.41) is 0.514. The molecular formula is C13H14N2O2S. The van der Waals surface area contributed by atoms with Crippen molar-refractivity contribution in [1.82, 2.24) is 4.90 Å².